The number of nitrogens with zero attached hydrogens (tertiary/aromatic N) is 3. The molecule has 0 bridgehead atoms. The minimum absolute atomic E-state index is 0.0913. The first kappa shape index (κ1) is 15.4. The highest BCUT2D eigenvalue weighted by Crippen LogP contribution is 2.39. The molecule has 0 saturated heterocycles. The third-order valence-electron chi connectivity index (χ3n) is 3.43. The Bertz CT molecular complexity index is 713. The molecule has 1 fully saturated rings. The number of hydrogen-bond acceptors (Lipinski definition) is 5. The third kappa shape index (κ3) is 3.44. The number of carbonyl (C=O) groups excluding carboxylic acids is 1. The maximum absolute atomic E-state index is 12.0. The molecule has 116 valence electrons. The van der Waals surface area contributed by atoms with Gasteiger partial charge in [-0.25, -0.2) is 4.68 Å². The molecule has 1 saturated carbocycles. The molecule has 0 radical (unpaired) electrons. The van der Waals surface area contributed by atoms with Crippen molar-refractivity contribution in [1.82, 2.24) is 14.9 Å². The fourth-order valence-corrected chi connectivity index (χ4v) is 3.23. The lowest BCUT2D eigenvalue weighted by atomic mass is 10.2. The van der Waals surface area contributed by atoms with Crippen LogP contribution >= 0.6 is 27.7 Å². The van der Waals surface area contributed by atoms with Gasteiger partial charge in [0, 0.05) is 16.1 Å². The summed E-state index contributed by atoms with van der Waals surface area (Å²) >= 11 is 4.69. The minimum Gasteiger partial charge on any atom is -0.336 e. The van der Waals surface area contributed by atoms with E-state index in [2.05, 4.69) is 31.4 Å². The molecule has 0 aliphatic heterocycles. The highest BCUT2D eigenvalue weighted by atomic mass is 79.9. The van der Waals surface area contributed by atoms with Crippen LogP contribution < -0.4 is 11.2 Å². The molecule has 3 rings (SSSR count). The lowest BCUT2D eigenvalue weighted by Crippen LogP contribution is -2.17. The number of aryl methyl sites for hydroxylation is 1. The number of amides is 1. The monoisotopic (exact) mass is 381 g/mol. The molecule has 1 aromatic carbocycles. The van der Waals surface area contributed by atoms with Gasteiger partial charge < -0.3 is 11.2 Å². The Labute approximate surface area is 141 Å². The van der Waals surface area contributed by atoms with E-state index in [1.807, 2.05) is 25.1 Å². The average Bonchev–Trinajstić information content (AvgIpc) is 3.24. The van der Waals surface area contributed by atoms with Crippen molar-refractivity contribution < 1.29 is 4.79 Å². The SMILES string of the molecule is Cc1cc(Br)ccc1NC(=O)CSc1nnc(C2CC2)n1N. The van der Waals surface area contributed by atoms with E-state index in [0.717, 1.165) is 34.4 Å². The second-order valence-corrected chi connectivity index (χ2v) is 7.14. The lowest BCUT2D eigenvalue weighted by molar-refractivity contribution is -0.113. The predicted molar refractivity (Wildman–Crippen MR) is 90.4 cm³/mol. The zero-order valence-electron chi connectivity index (χ0n) is 12.0. The Balaban J connectivity index is 1.58. The minimum atomic E-state index is -0.0913. The van der Waals surface area contributed by atoms with Gasteiger partial charge in [-0.15, -0.1) is 10.2 Å². The average molecular weight is 382 g/mol. The van der Waals surface area contributed by atoms with E-state index >= 15 is 0 Å². The summed E-state index contributed by atoms with van der Waals surface area (Å²) in [5.41, 5.74) is 1.81. The maximum atomic E-state index is 12.0. The standard InChI is InChI=1S/C14H16BrN5OS/c1-8-6-10(15)4-5-11(8)17-12(21)7-22-14-19-18-13(20(14)16)9-2-3-9/h4-6,9H,2-3,7,16H2,1H3,(H,17,21). The first-order valence-electron chi connectivity index (χ1n) is 6.94. The number of nitrogen functional groups attached to an aromatic ring is 1. The van der Waals surface area contributed by atoms with Crippen molar-refractivity contribution >= 4 is 39.3 Å². The molecule has 22 heavy (non-hydrogen) atoms. The van der Waals surface area contributed by atoms with Gasteiger partial charge in [-0.1, -0.05) is 27.7 Å². The molecule has 6 nitrogen and oxygen atoms in total. The lowest BCUT2D eigenvalue weighted by Gasteiger charge is -2.08. The van der Waals surface area contributed by atoms with Crippen LogP contribution in [0.25, 0.3) is 0 Å². The summed E-state index contributed by atoms with van der Waals surface area (Å²) in [4.78, 5) is 12.0. The summed E-state index contributed by atoms with van der Waals surface area (Å²) in [5, 5.41) is 11.6. The third-order valence-corrected chi connectivity index (χ3v) is 4.86. The van der Waals surface area contributed by atoms with Crippen molar-refractivity contribution in [3.63, 3.8) is 0 Å². The van der Waals surface area contributed by atoms with Crippen LogP contribution in [0, 0.1) is 6.92 Å². The summed E-state index contributed by atoms with van der Waals surface area (Å²) in [6, 6.07) is 5.73. The Morgan fingerprint density at radius 2 is 2.27 bits per heavy atom. The summed E-state index contributed by atoms with van der Waals surface area (Å²) in [7, 11) is 0. The van der Waals surface area contributed by atoms with Gasteiger partial charge in [0.05, 0.1) is 5.75 Å². The normalized spacial score (nSPS) is 14.1. The highest BCUT2D eigenvalue weighted by Gasteiger charge is 2.30. The number of hydrogen-bond donors (Lipinski definition) is 2. The van der Waals surface area contributed by atoms with Gasteiger partial charge in [0.2, 0.25) is 11.1 Å². The molecule has 0 spiro atoms. The van der Waals surface area contributed by atoms with Gasteiger partial charge in [-0.05, 0) is 43.5 Å². The van der Waals surface area contributed by atoms with E-state index in [-0.39, 0.29) is 11.7 Å². The highest BCUT2D eigenvalue weighted by molar-refractivity contribution is 9.10. The molecule has 1 amide bonds. The number of carbonyl (C=O) groups is 1. The maximum Gasteiger partial charge on any atom is 0.234 e. The van der Waals surface area contributed by atoms with Crippen LogP contribution in [0.15, 0.2) is 27.8 Å². The Morgan fingerprint density at radius 3 is 2.95 bits per heavy atom. The van der Waals surface area contributed by atoms with E-state index in [1.54, 1.807) is 0 Å². The van der Waals surface area contributed by atoms with Crippen LogP contribution in [0.4, 0.5) is 5.69 Å². The molecule has 1 heterocycles. The summed E-state index contributed by atoms with van der Waals surface area (Å²) in [6.07, 6.45) is 2.23. The van der Waals surface area contributed by atoms with Crippen LogP contribution in [0.1, 0.15) is 30.1 Å². The molecular weight excluding hydrogens is 366 g/mol. The largest absolute Gasteiger partial charge is 0.336 e. The molecule has 8 heteroatoms. The van der Waals surface area contributed by atoms with E-state index < -0.39 is 0 Å². The molecular formula is C14H16BrN5OS. The number of nitrogens with one attached hydrogen (secondary N) is 1. The van der Waals surface area contributed by atoms with Crippen LogP contribution in [0.5, 0.6) is 0 Å². The van der Waals surface area contributed by atoms with Crippen LogP contribution in [0.2, 0.25) is 0 Å². The zero-order valence-corrected chi connectivity index (χ0v) is 14.4. The van der Waals surface area contributed by atoms with Crippen molar-refractivity contribution in [1.29, 1.82) is 0 Å². The Morgan fingerprint density at radius 1 is 1.50 bits per heavy atom. The van der Waals surface area contributed by atoms with Crippen LogP contribution in [-0.4, -0.2) is 26.5 Å². The molecule has 3 N–H and O–H groups in total. The number of nitrogens with two attached hydrogens (primary N) is 1. The van der Waals surface area contributed by atoms with E-state index in [1.165, 1.54) is 16.4 Å². The fourth-order valence-electron chi connectivity index (χ4n) is 2.09. The van der Waals surface area contributed by atoms with Crippen molar-refractivity contribution in [2.45, 2.75) is 30.8 Å². The Hall–Kier alpha value is -1.54. The predicted octanol–water partition coefficient (Wildman–Crippen LogP) is 2.67. The summed E-state index contributed by atoms with van der Waals surface area (Å²) in [5.74, 6) is 7.36. The van der Waals surface area contributed by atoms with Crippen LogP contribution in [0.3, 0.4) is 0 Å². The number of benzene rings is 1. The summed E-state index contributed by atoms with van der Waals surface area (Å²) < 4.78 is 2.49. The molecule has 1 aliphatic carbocycles. The summed E-state index contributed by atoms with van der Waals surface area (Å²) in [6.45, 7) is 1.95. The van der Waals surface area contributed by atoms with Crippen molar-refractivity contribution in [2.24, 2.45) is 0 Å². The van der Waals surface area contributed by atoms with Gasteiger partial charge in [0.15, 0.2) is 5.82 Å². The number of rotatable bonds is 5. The number of halogens is 1. The number of anilines is 1. The molecule has 1 aromatic heterocycles. The topological polar surface area (TPSA) is 85.8 Å². The molecule has 1 aliphatic rings. The molecule has 2 aromatic rings. The van der Waals surface area contributed by atoms with Crippen molar-refractivity contribution in [3.05, 3.63) is 34.1 Å². The smallest absolute Gasteiger partial charge is 0.234 e. The van der Waals surface area contributed by atoms with Crippen LogP contribution in [-0.2, 0) is 4.79 Å². The number of thioether (sulfide) groups is 1. The van der Waals surface area contributed by atoms with Gasteiger partial charge in [-0.2, -0.15) is 0 Å². The second-order valence-electron chi connectivity index (χ2n) is 5.28. The van der Waals surface area contributed by atoms with E-state index in [0.29, 0.717) is 11.1 Å². The van der Waals surface area contributed by atoms with Gasteiger partial charge in [0.25, 0.3) is 0 Å². The van der Waals surface area contributed by atoms with Gasteiger partial charge in [-0.3, -0.25) is 4.79 Å². The van der Waals surface area contributed by atoms with Gasteiger partial charge >= 0.3 is 0 Å². The zero-order chi connectivity index (χ0) is 15.7. The quantitative estimate of drug-likeness (QED) is 0.614. The first-order valence-corrected chi connectivity index (χ1v) is 8.71. The molecule has 0 atom stereocenters. The van der Waals surface area contributed by atoms with Crippen molar-refractivity contribution in [3.8, 4) is 0 Å². The van der Waals surface area contributed by atoms with E-state index in [9.17, 15) is 4.79 Å². The van der Waals surface area contributed by atoms with Crippen molar-refractivity contribution in [2.75, 3.05) is 16.9 Å². The molecule has 0 unspecified atom stereocenters. The first-order chi connectivity index (χ1) is 10.5. The fraction of sp³-hybridized carbons (Fsp3) is 0.357. The second kappa shape index (κ2) is 6.29. The van der Waals surface area contributed by atoms with Gasteiger partial charge in [0.1, 0.15) is 0 Å². The van der Waals surface area contributed by atoms with E-state index in [4.69, 9.17) is 5.84 Å². The number of aromatic nitrogens is 3. The Kier molecular flexibility index (Phi) is 4.39.